The van der Waals surface area contributed by atoms with Crippen molar-refractivity contribution in [3.63, 3.8) is 0 Å². The molecule has 1 aliphatic rings. The van der Waals surface area contributed by atoms with E-state index in [0.29, 0.717) is 45.5 Å². The lowest BCUT2D eigenvalue weighted by atomic mass is 9.94. The van der Waals surface area contributed by atoms with Gasteiger partial charge in [0.15, 0.2) is 12.9 Å². The summed E-state index contributed by atoms with van der Waals surface area (Å²) < 4.78 is 15.4. The van der Waals surface area contributed by atoms with Crippen molar-refractivity contribution in [1.29, 1.82) is 0 Å². The molecule has 0 bridgehead atoms. The molecule has 0 aliphatic heterocycles. The van der Waals surface area contributed by atoms with E-state index in [0.717, 1.165) is 0 Å². The molecule has 0 heterocycles. The van der Waals surface area contributed by atoms with Crippen LogP contribution in [-0.2, 0) is 4.57 Å². The molecule has 0 radical (unpaired) electrons. The molecule has 3 nitrogen and oxygen atoms in total. The number of benzene rings is 4. The molecule has 4 heteroatoms. The SMILES string of the molecule is O=C(/C(=C(/C1(O)CC1)P(=O)(c1ccccc1)c1ccccc1)c1ccccc1)c1ccccc1. The first-order valence-corrected chi connectivity index (χ1v) is 13.1. The molecule has 1 aliphatic carbocycles. The second kappa shape index (κ2) is 9.02. The Morgan fingerprint density at radius 1 is 0.618 bits per heavy atom. The highest BCUT2D eigenvalue weighted by Gasteiger charge is 2.54. The molecule has 0 saturated heterocycles. The molecule has 4 aromatic carbocycles. The van der Waals surface area contributed by atoms with Crippen LogP contribution in [0.25, 0.3) is 5.57 Å². The van der Waals surface area contributed by atoms with Crippen LogP contribution < -0.4 is 10.6 Å². The lowest BCUT2D eigenvalue weighted by molar-refractivity contribution is 0.105. The van der Waals surface area contributed by atoms with E-state index in [2.05, 4.69) is 0 Å². The fourth-order valence-electron chi connectivity index (χ4n) is 4.44. The summed E-state index contributed by atoms with van der Waals surface area (Å²) in [5.74, 6) is -0.241. The highest BCUT2D eigenvalue weighted by atomic mass is 31.2. The Labute approximate surface area is 199 Å². The van der Waals surface area contributed by atoms with Crippen molar-refractivity contribution in [2.45, 2.75) is 18.4 Å². The fraction of sp³-hybridized carbons (Fsp3) is 0.100. The Kier molecular flexibility index (Phi) is 5.91. The average Bonchev–Trinajstić information content (AvgIpc) is 3.66. The molecule has 168 valence electrons. The Bertz CT molecular complexity index is 1330. The van der Waals surface area contributed by atoms with E-state index in [-0.39, 0.29) is 5.78 Å². The van der Waals surface area contributed by atoms with E-state index in [9.17, 15) is 9.90 Å². The number of ketones is 1. The minimum Gasteiger partial charge on any atom is -0.385 e. The summed E-state index contributed by atoms with van der Waals surface area (Å²) in [5.41, 5.74) is 0.161. The Hall–Kier alpha value is -3.52. The largest absolute Gasteiger partial charge is 0.385 e. The van der Waals surface area contributed by atoms with E-state index >= 15 is 4.57 Å². The van der Waals surface area contributed by atoms with Gasteiger partial charge in [0.2, 0.25) is 0 Å². The van der Waals surface area contributed by atoms with E-state index in [1.807, 2.05) is 109 Å². The summed E-state index contributed by atoms with van der Waals surface area (Å²) in [6.45, 7) is 0. The van der Waals surface area contributed by atoms with Crippen molar-refractivity contribution in [3.05, 3.63) is 138 Å². The van der Waals surface area contributed by atoms with Crippen molar-refractivity contribution in [2.24, 2.45) is 0 Å². The van der Waals surface area contributed by atoms with Crippen LogP contribution >= 0.6 is 7.14 Å². The van der Waals surface area contributed by atoms with Gasteiger partial charge < -0.3 is 9.67 Å². The molecule has 0 amide bonds. The van der Waals surface area contributed by atoms with Gasteiger partial charge >= 0.3 is 0 Å². The van der Waals surface area contributed by atoms with E-state index in [1.165, 1.54) is 0 Å². The van der Waals surface area contributed by atoms with Gasteiger partial charge in [0, 0.05) is 27.1 Å². The van der Waals surface area contributed by atoms with Gasteiger partial charge in [0.05, 0.1) is 5.60 Å². The summed E-state index contributed by atoms with van der Waals surface area (Å²) >= 11 is 0. The van der Waals surface area contributed by atoms with Gasteiger partial charge in [-0.25, -0.2) is 0 Å². The summed E-state index contributed by atoms with van der Waals surface area (Å²) in [6.07, 6.45) is 0.925. The first-order chi connectivity index (χ1) is 16.5. The van der Waals surface area contributed by atoms with Crippen LogP contribution in [-0.4, -0.2) is 16.5 Å². The van der Waals surface area contributed by atoms with Gasteiger partial charge in [0.1, 0.15) is 0 Å². The Morgan fingerprint density at radius 2 is 1.00 bits per heavy atom. The van der Waals surface area contributed by atoms with E-state index in [4.69, 9.17) is 0 Å². The molecular weight excluding hydrogens is 439 g/mol. The minimum absolute atomic E-state index is 0.241. The molecule has 0 aromatic heterocycles. The molecule has 5 rings (SSSR count). The zero-order valence-electron chi connectivity index (χ0n) is 18.7. The maximum Gasteiger partial charge on any atom is 0.194 e. The van der Waals surface area contributed by atoms with Crippen LogP contribution in [0.5, 0.6) is 0 Å². The van der Waals surface area contributed by atoms with Gasteiger partial charge in [-0.2, -0.15) is 0 Å². The fourth-order valence-corrected chi connectivity index (χ4v) is 7.79. The zero-order chi connectivity index (χ0) is 23.6. The van der Waals surface area contributed by atoms with Crippen LogP contribution in [0.3, 0.4) is 0 Å². The Morgan fingerprint density at radius 3 is 1.41 bits per heavy atom. The second-order valence-electron chi connectivity index (χ2n) is 8.60. The molecular formula is C30H25O3P. The monoisotopic (exact) mass is 464 g/mol. The van der Waals surface area contributed by atoms with Crippen LogP contribution in [0, 0.1) is 0 Å². The molecule has 0 unspecified atom stereocenters. The quantitative estimate of drug-likeness (QED) is 0.213. The minimum atomic E-state index is -3.58. The van der Waals surface area contributed by atoms with Crippen LogP contribution in [0.1, 0.15) is 28.8 Å². The van der Waals surface area contributed by atoms with Crippen LogP contribution in [0.2, 0.25) is 0 Å². The van der Waals surface area contributed by atoms with Crippen LogP contribution in [0.15, 0.2) is 127 Å². The molecule has 0 spiro atoms. The number of carbonyl (C=O) groups excluding carboxylic acids is 1. The first kappa shape index (κ1) is 22.3. The average molecular weight is 465 g/mol. The standard InChI is InChI=1S/C30H25O3P/c31-28(24-15-7-2-8-16-24)27(23-13-5-1-6-14-23)29(30(32)21-22-30)34(33,25-17-9-3-10-18-25)26-19-11-4-12-20-26/h1-20,32H,21-22H2/b29-27-. The first-order valence-electron chi connectivity index (χ1n) is 11.4. The lowest BCUT2D eigenvalue weighted by Crippen LogP contribution is -2.27. The highest BCUT2D eigenvalue weighted by Crippen LogP contribution is 2.64. The van der Waals surface area contributed by atoms with Gasteiger partial charge in [0.25, 0.3) is 0 Å². The topological polar surface area (TPSA) is 54.4 Å². The number of Topliss-reactive ketones (excluding diaryl/α,β-unsaturated/α-hetero) is 1. The van der Waals surface area contributed by atoms with Gasteiger partial charge in [-0.1, -0.05) is 121 Å². The van der Waals surface area contributed by atoms with Gasteiger partial charge in [-0.3, -0.25) is 4.79 Å². The lowest BCUT2D eigenvalue weighted by Gasteiger charge is -2.29. The van der Waals surface area contributed by atoms with Crippen LogP contribution in [0.4, 0.5) is 0 Å². The molecule has 1 fully saturated rings. The normalized spacial score (nSPS) is 15.3. The number of allylic oxidation sites excluding steroid dienone is 1. The van der Waals surface area contributed by atoms with Crippen molar-refractivity contribution >= 4 is 29.1 Å². The Balaban J connectivity index is 1.91. The number of hydrogen-bond donors (Lipinski definition) is 1. The maximum atomic E-state index is 15.4. The second-order valence-corrected chi connectivity index (χ2v) is 11.3. The van der Waals surface area contributed by atoms with Gasteiger partial charge in [-0.05, 0) is 18.4 Å². The summed E-state index contributed by atoms with van der Waals surface area (Å²) in [5, 5.41) is 13.2. The summed E-state index contributed by atoms with van der Waals surface area (Å²) in [4.78, 5) is 14.1. The summed E-state index contributed by atoms with van der Waals surface area (Å²) in [7, 11) is -3.58. The molecule has 4 aromatic rings. The van der Waals surface area contributed by atoms with Crippen molar-refractivity contribution in [1.82, 2.24) is 0 Å². The van der Waals surface area contributed by atoms with E-state index in [1.54, 1.807) is 12.1 Å². The predicted molar refractivity (Wildman–Crippen MR) is 138 cm³/mol. The third kappa shape index (κ3) is 3.98. The summed E-state index contributed by atoms with van der Waals surface area (Å²) in [6, 6.07) is 36.8. The van der Waals surface area contributed by atoms with Crippen molar-refractivity contribution < 1.29 is 14.5 Å². The van der Waals surface area contributed by atoms with Crippen molar-refractivity contribution in [3.8, 4) is 0 Å². The molecule has 34 heavy (non-hydrogen) atoms. The van der Waals surface area contributed by atoms with Gasteiger partial charge in [-0.15, -0.1) is 0 Å². The number of carbonyl (C=O) groups is 1. The van der Waals surface area contributed by atoms with Crippen molar-refractivity contribution in [2.75, 3.05) is 0 Å². The third-order valence-corrected chi connectivity index (χ3v) is 9.60. The molecule has 1 N–H and O–H groups in total. The maximum absolute atomic E-state index is 15.4. The molecule has 0 atom stereocenters. The smallest absolute Gasteiger partial charge is 0.194 e. The van der Waals surface area contributed by atoms with E-state index < -0.39 is 12.7 Å². The molecule has 1 saturated carbocycles. The number of aliphatic hydroxyl groups is 1. The zero-order valence-corrected chi connectivity index (χ0v) is 19.6. The highest BCUT2D eigenvalue weighted by molar-refractivity contribution is 7.82. The number of rotatable bonds is 7. The predicted octanol–water partition coefficient (Wildman–Crippen LogP) is 5.82. The number of hydrogen-bond acceptors (Lipinski definition) is 3. The third-order valence-electron chi connectivity index (χ3n) is 6.28.